The number of anilines is 2. The van der Waals surface area contributed by atoms with Crippen LogP contribution >= 0.6 is 0 Å². The second-order valence-corrected chi connectivity index (χ2v) is 9.77. The molecule has 4 unspecified atom stereocenters. The normalized spacial score (nSPS) is 24.8. The zero-order valence-corrected chi connectivity index (χ0v) is 19.6. The molecule has 2 aromatic carbocycles. The fraction of sp³-hybridized carbons (Fsp3) is 0.346. The zero-order valence-electron chi connectivity index (χ0n) is 19.6. The molecule has 1 saturated heterocycles. The van der Waals surface area contributed by atoms with Gasteiger partial charge in [0.1, 0.15) is 6.17 Å². The van der Waals surface area contributed by atoms with Crippen LogP contribution in [0.5, 0.6) is 0 Å². The standard InChI is InChI=1S/C26H23F4N5O2/c27-18-9-17(18)22-13-35-23(12-34(22)26(37)32-16-7-19(28)25(30)20(29)8-16)21(10-31-35)33-11-15(6-24(33)36)14-4-2-1-3-5-14/h1-5,7-8,10,15,17-18,22H,6,9,11-13H2,(H,32,37). The van der Waals surface area contributed by atoms with Gasteiger partial charge in [-0.1, -0.05) is 30.3 Å². The van der Waals surface area contributed by atoms with E-state index in [9.17, 15) is 27.2 Å². The van der Waals surface area contributed by atoms with Crippen molar-refractivity contribution in [3.05, 3.63) is 77.4 Å². The lowest BCUT2D eigenvalue weighted by Gasteiger charge is -2.37. The van der Waals surface area contributed by atoms with Gasteiger partial charge in [0.2, 0.25) is 5.91 Å². The van der Waals surface area contributed by atoms with Crippen LogP contribution in [0.15, 0.2) is 48.7 Å². The molecular formula is C26H23F4N5O2. The van der Waals surface area contributed by atoms with Gasteiger partial charge in [0.15, 0.2) is 17.5 Å². The highest BCUT2D eigenvalue weighted by Gasteiger charge is 2.49. The first-order chi connectivity index (χ1) is 17.8. The molecule has 192 valence electrons. The number of amides is 3. The Hall–Kier alpha value is -3.89. The molecule has 7 nitrogen and oxygen atoms in total. The van der Waals surface area contributed by atoms with Gasteiger partial charge in [-0.3, -0.25) is 9.48 Å². The molecule has 0 spiro atoms. The fourth-order valence-electron chi connectivity index (χ4n) is 5.38. The first-order valence-corrected chi connectivity index (χ1v) is 12.1. The Morgan fingerprint density at radius 1 is 1.05 bits per heavy atom. The summed E-state index contributed by atoms with van der Waals surface area (Å²) in [6.07, 6.45) is 1.16. The van der Waals surface area contributed by atoms with Crippen molar-refractivity contribution in [3.63, 3.8) is 0 Å². The van der Waals surface area contributed by atoms with E-state index in [1.54, 1.807) is 15.8 Å². The number of alkyl halides is 1. The number of nitrogens with zero attached hydrogens (tertiary/aromatic N) is 4. The Kier molecular flexibility index (Phi) is 5.65. The quantitative estimate of drug-likeness (QED) is 0.410. The van der Waals surface area contributed by atoms with Crippen LogP contribution in [0, 0.1) is 23.4 Å². The number of hydrogen-bond acceptors (Lipinski definition) is 3. The Labute approximate surface area is 209 Å². The fourth-order valence-corrected chi connectivity index (χ4v) is 5.38. The number of rotatable bonds is 4. The molecule has 1 saturated carbocycles. The minimum atomic E-state index is -1.63. The molecule has 37 heavy (non-hydrogen) atoms. The highest BCUT2D eigenvalue weighted by atomic mass is 19.2. The molecular weight excluding hydrogens is 490 g/mol. The van der Waals surface area contributed by atoms with Crippen molar-refractivity contribution in [2.75, 3.05) is 16.8 Å². The van der Waals surface area contributed by atoms with Gasteiger partial charge in [-0.2, -0.15) is 5.10 Å². The summed E-state index contributed by atoms with van der Waals surface area (Å²) in [6.45, 7) is 0.686. The topological polar surface area (TPSA) is 70.5 Å². The van der Waals surface area contributed by atoms with Gasteiger partial charge in [0, 0.05) is 42.6 Å². The van der Waals surface area contributed by atoms with E-state index in [4.69, 9.17) is 0 Å². The van der Waals surface area contributed by atoms with Gasteiger partial charge in [0.25, 0.3) is 0 Å². The second-order valence-electron chi connectivity index (χ2n) is 9.77. The number of carbonyl (C=O) groups is 2. The molecule has 3 heterocycles. The number of aromatic nitrogens is 2. The van der Waals surface area contributed by atoms with Gasteiger partial charge >= 0.3 is 6.03 Å². The summed E-state index contributed by atoms with van der Waals surface area (Å²) < 4.78 is 56.5. The number of benzene rings is 2. The molecule has 11 heteroatoms. The minimum absolute atomic E-state index is 0.0149. The van der Waals surface area contributed by atoms with Crippen molar-refractivity contribution in [1.29, 1.82) is 0 Å². The van der Waals surface area contributed by atoms with Gasteiger partial charge in [-0.05, 0) is 12.0 Å². The van der Waals surface area contributed by atoms with Crippen LogP contribution in [0.3, 0.4) is 0 Å². The van der Waals surface area contributed by atoms with E-state index in [0.29, 0.717) is 42.9 Å². The molecule has 2 aliphatic heterocycles. The van der Waals surface area contributed by atoms with Gasteiger partial charge < -0.3 is 15.1 Å². The lowest BCUT2D eigenvalue weighted by atomic mass is 9.98. The van der Waals surface area contributed by atoms with E-state index in [1.807, 2.05) is 30.3 Å². The van der Waals surface area contributed by atoms with Crippen molar-refractivity contribution >= 4 is 23.3 Å². The average molecular weight is 513 g/mol. The van der Waals surface area contributed by atoms with E-state index >= 15 is 0 Å². The van der Waals surface area contributed by atoms with Gasteiger partial charge in [-0.25, -0.2) is 22.4 Å². The number of nitrogens with one attached hydrogen (secondary N) is 1. The molecule has 1 aromatic heterocycles. The third kappa shape index (κ3) is 4.21. The van der Waals surface area contributed by atoms with Crippen LogP contribution in [0.1, 0.15) is 30.0 Å². The largest absolute Gasteiger partial charge is 0.322 e. The number of urea groups is 1. The van der Waals surface area contributed by atoms with E-state index in [1.165, 1.54) is 4.90 Å². The third-order valence-electron chi connectivity index (χ3n) is 7.44. The van der Waals surface area contributed by atoms with Crippen molar-refractivity contribution in [2.45, 2.75) is 44.1 Å². The molecule has 4 atom stereocenters. The SMILES string of the molecule is O=C1CC(c2ccccc2)CN1c1cnn2c1CN(C(=O)Nc1cc(F)c(F)c(F)c1)C(C1CC1F)C2. The maximum absolute atomic E-state index is 14.1. The van der Waals surface area contributed by atoms with Crippen molar-refractivity contribution in [3.8, 4) is 0 Å². The summed E-state index contributed by atoms with van der Waals surface area (Å²) in [5.41, 5.74) is 1.99. The average Bonchev–Trinajstić information content (AvgIpc) is 3.28. The summed E-state index contributed by atoms with van der Waals surface area (Å²) in [5.74, 6) is -4.95. The van der Waals surface area contributed by atoms with E-state index in [0.717, 1.165) is 5.56 Å². The molecule has 3 aliphatic rings. The van der Waals surface area contributed by atoms with Crippen LogP contribution in [-0.2, 0) is 17.9 Å². The predicted molar refractivity (Wildman–Crippen MR) is 126 cm³/mol. The Bertz CT molecular complexity index is 1360. The molecule has 3 aromatic rings. The molecule has 1 aliphatic carbocycles. The Morgan fingerprint density at radius 2 is 1.76 bits per heavy atom. The van der Waals surface area contributed by atoms with Crippen molar-refractivity contribution in [2.24, 2.45) is 5.92 Å². The summed E-state index contributed by atoms with van der Waals surface area (Å²) >= 11 is 0. The van der Waals surface area contributed by atoms with Gasteiger partial charge in [-0.15, -0.1) is 0 Å². The van der Waals surface area contributed by atoms with Crippen molar-refractivity contribution < 1.29 is 27.2 Å². The summed E-state index contributed by atoms with van der Waals surface area (Å²) in [7, 11) is 0. The summed E-state index contributed by atoms with van der Waals surface area (Å²) in [4.78, 5) is 29.3. The number of carbonyl (C=O) groups excluding carboxylic acids is 2. The summed E-state index contributed by atoms with van der Waals surface area (Å²) in [6, 6.07) is 9.86. The molecule has 0 bridgehead atoms. The van der Waals surface area contributed by atoms with Crippen LogP contribution in [0.25, 0.3) is 0 Å². The van der Waals surface area contributed by atoms with Crippen LogP contribution in [-0.4, -0.2) is 45.4 Å². The monoisotopic (exact) mass is 513 g/mol. The lowest BCUT2D eigenvalue weighted by molar-refractivity contribution is -0.117. The molecule has 2 fully saturated rings. The third-order valence-corrected chi connectivity index (χ3v) is 7.44. The van der Waals surface area contributed by atoms with E-state index in [-0.39, 0.29) is 30.6 Å². The second kappa shape index (κ2) is 8.89. The first kappa shape index (κ1) is 23.5. The van der Waals surface area contributed by atoms with Crippen LogP contribution in [0.4, 0.5) is 33.7 Å². The summed E-state index contributed by atoms with van der Waals surface area (Å²) in [5, 5.41) is 6.84. The van der Waals surface area contributed by atoms with Gasteiger partial charge in [0.05, 0.1) is 36.7 Å². The maximum Gasteiger partial charge on any atom is 0.322 e. The smallest absolute Gasteiger partial charge is 0.313 e. The van der Waals surface area contributed by atoms with E-state index in [2.05, 4.69) is 10.4 Å². The van der Waals surface area contributed by atoms with Crippen LogP contribution < -0.4 is 10.2 Å². The highest BCUT2D eigenvalue weighted by molar-refractivity contribution is 5.97. The molecule has 1 N–H and O–H groups in total. The first-order valence-electron chi connectivity index (χ1n) is 12.1. The predicted octanol–water partition coefficient (Wildman–Crippen LogP) is 4.60. The number of hydrogen-bond donors (Lipinski definition) is 1. The van der Waals surface area contributed by atoms with Crippen LogP contribution in [0.2, 0.25) is 0 Å². The number of halogens is 4. The Balaban J connectivity index is 1.27. The van der Waals surface area contributed by atoms with E-state index < -0.39 is 41.6 Å². The molecule has 3 amide bonds. The zero-order chi connectivity index (χ0) is 25.8. The maximum atomic E-state index is 14.1. The highest BCUT2D eigenvalue weighted by Crippen LogP contribution is 2.43. The Morgan fingerprint density at radius 3 is 2.43 bits per heavy atom. The molecule has 0 radical (unpaired) electrons. The number of fused-ring (bicyclic) bond motifs is 1. The van der Waals surface area contributed by atoms with Crippen molar-refractivity contribution in [1.82, 2.24) is 14.7 Å². The molecule has 6 rings (SSSR count). The minimum Gasteiger partial charge on any atom is -0.313 e. The lowest BCUT2D eigenvalue weighted by Crippen LogP contribution is -2.50.